The fourth-order valence-electron chi connectivity index (χ4n) is 2.43. The molecule has 0 spiro atoms. The Morgan fingerprint density at radius 1 is 1.19 bits per heavy atom. The molecule has 0 N–H and O–H groups in total. The Morgan fingerprint density at radius 3 is 2.76 bits per heavy atom. The van der Waals surface area contributed by atoms with Crippen molar-refractivity contribution in [3.8, 4) is 5.69 Å². The van der Waals surface area contributed by atoms with Crippen molar-refractivity contribution in [2.75, 3.05) is 5.88 Å². The van der Waals surface area contributed by atoms with Crippen LogP contribution in [0.2, 0.25) is 0 Å². The van der Waals surface area contributed by atoms with Gasteiger partial charge in [0.15, 0.2) is 0 Å². The van der Waals surface area contributed by atoms with Gasteiger partial charge in [0.2, 0.25) is 0 Å². The molecule has 1 aromatic heterocycles. The third kappa shape index (κ3) is 2.77. The van der Waals surface area contributed by atoms with Gasteiger partial charge < -0.3 is 0 Å². The number of rotatable bonds is 3. The molecule has 3 rings (SSSR count). The van der Waals surface area contributed by atoms with Crippen LogP contribution in [-0.4, -0.2) is 15.4 Å². The number of imidazole rings is 1. The van der Waals surface area contributed by atoms with E-state index in [4.69, 9.17) is 16.6 Å². The molecule has 0 unspecified atom stereocenters. The Labute approximate surface area is 145 Å². The quantitative estimate of drug-likeness (QED) is 0.494. The van der Waals surface area contributed by atoms with Crippen molar-refractivity contribution in [3.05, 3.63) is 56.7 Å². The van der Waals surface area contributed by atoms with Crippen molar-refractivity contribution in [1.82, 2.24) is 9.55 Å². The van der Waals surface area contributed by atoms with Crippen LogP contribution in [0.1, 0.15) is 11.4 Å². The molecular weight excluding hydrogens is 415 g/mol. The van der Waals surface area contributed by atoms with Crippen LogP contribution in [0.15, 0.2) is 45.3 Å². The average molecular weight is 429 g/mol. The summed E-state index contributed by atoms with van der Waals surface area (Å²) in [6, 6.07) is 12.4. The number of benzene rings is 2. The summed E-state index contributed by atoms with van der Waals surface area (Å²) in [5.41, 5.74) is 4.35. The molecule has 0 saturated heterocycles. The predicted octanol–water partition coefficient (Wildman–Crippen LogP) is 5.64. The monoisotopic (exact) mass is 426 g/mol. The molecule has 0 saturated carbocycles. The summed E-state index contributed by atoms with van der Waals surface area (Å²) in [5, 5.41) is 0. The van der Waals surface area contributed by atoms with E-state index in [0.29, 0.717) is 5.88 Å². The molecule has 1 heterocycles. The molecule has 0 atom stereocenters. The second kappa shape index (κ2) is 6.11. The molecule has 0 aliphatic heterocycles. The van der Waals surface area contributed by atoms with E-state index in [2.05, 4.69) is 67.6 Å². The Kier molecular flexibility index (Phi) is 4.38. The molecule has 108 valence electrons. The van der Waals surface area contributed by atoms with Crippen molar-refractivity contribution in [2.24, 2.45) is 0 Å². The van der Waals surface area contributed by atoms with Gasteiger partial charge in [-0.15, -0.1) is 11.6 Å². The zero-order valence-electron chi connectivity index (χ0n) is 11.4. The normalized spacial score (nSPS) is 11.2. The number of hydrogen-bond donors (Lipinski definition) is 0. The molecule has 3 aromatic rings. The minimum Gasteiger partial charge on any atom is -0.295 e. The zero-order chi connectivity index (χ0) is 15.0. The maximum atomic E-state index is 5.95. The smallest absolute Gasteiger partial charge is 0.115 e. The highest BCUT2D eigenvalue weighted by Gasteiger charge is 2.15. The summed E-state index contributed by atoms with van der Waals surface area (Å²) in [7, 11) is 0. The Balaban J connectivity index is 2.33. The molecule has 2 nitrogen and oxygen atoms in total. The molecular formula is C16H13Br2ClN2. The minimum absolute atomic E-state index is 0.550. The standard InChI is InChI=1S/C16H13Br2ClN2/c1-10-3-2-4-14(16(10)18)21-13-6-5-11(17)9-12(13)20-15(21)7-8-19/h2-6,9H,7-8H2,1H3. The third-order valence-corrected chi connectivity index (χ3v) is 5.13. The van der Waals surface area contributed by atoms with E-state index in [1.807, 2.05) is 12.1 Å². The summed E-state index contributed by atoms with van der Waals surface area (Å²) < 4.78 is 4.30. The number of aromatic nitrogens is 2. The highest BCUT2D eigenvalue weighted by molar-refractivity contribution is 9.10. The fraction of sp³-hybridized carbons (Fsp3) is 0.188. The molecule has 0 bridgehead atoms. The predicted molar refractivity (Wildman–Crippen MR) is 95.6 cm³/mol. The molecule has 5 heteroatoms. The number of fused-ring (bicyclic) bond motifs is 1. The maximum absolute atomic E-state index is 5.95. The SMILES string of the molecule is Cc1cccc(-n2c(CCCl)nc3cc(Br)ccc32)c1Br. The van der Waals surface area contributed by atoms with Gasteiger partial charge in [0.1, 0.15) is 5.82 Å². The summed E-state index contributed by atoms with van der Waals surface area (Å²) in [4.78, 5) is 4.74. The maximum Gasteiger partial charge on any atom is 0.115 e. The van der Waals surface area contributed by atoms with E-state index in [-0.39, 0.29) is 0 Å². The first kappa shape index (κ1) is 15.1. The first-order valence-corrected chi connectivity index (χ1v) is 8.72. The summed E-state index contributed by atoms with van der Waals surface area (Å²) in [5.74, 6) is 1.53. The first-order chi connectivity index (χ1) is 10.1. The van der Waals surface area contributed by atoms with E-state index >= 15 is 0 Å². The first-order valence-electron chi connectivity index (χ1n) is 6.60. The molecule has 0 aliphatic carbocycles. The number of aryl methyl sites for hydroxylation is 2. The van der Waals surface area contributed by atoms with Gasteiger partial charge in [0, 0.05) is 21.2 Å². The minimum atomic E-state index is 0.550. The van der Waals surface area contributed by atoms with Crippen LogP contribution in [0.25, 0.3) is 16.7 Å². The Hall–Kier alpha value is -0.840. The highest BCUT2D eigenvalue weighted by Crippen LogP contribution is 2.30. The van der Waals surface area contributed by atoms with Crippen LogP contribution in [0, 0.1) is 6.92 Å². The van der Waals surface area contributed by atoms with Gasteiger partial charge in [0.25, 0.3) is 0 Å². The van der Waals surface area contributed by atoms with Gasteiger partial charge in [-0.3, -0.25) is 4.57 Å². The number of nitrogens with zero attached hydrogens (tertiary/aromatic N) is 2. The number of alkyl halides is 1. The van der Waals surface area contributed by atoms with Crippen LogP contribution < -0.4 is 0 Å². The molecule has 0 amide bonds. The molecule has 0 aliphatic rings. The van der Waals surface area contributed by atoms with Gasteiger partial charge in [-0.1, -0.05) is 28.1 Å². The van der Waals surface area contributed by atoms with Gasteiger partial charge in [-0.25, -0.2) is 4.98 Å². The van der Waals surface area contributed by atoms with E-state index in [9.17, 15) is 0 Å². The molecule has 2 aromatic carbocycles. The summed E-state index contributed by atoms with van der Waals surface area (Å²) >= 11 is 13.2. The second-order valence-corrected chi connectivity index (χ2v) is 6.93. The van der Waals surface area contributed by atoms with Crippen molar-refractivity contribution in [3.63, 3.8) is 0 Å². The topological polar surface area (TPSA) is 17.8 Å². The van der Waals surface area contributed by atoms with E-state index in [1.165, 1.54) is 5.56 Å². The third-order valence-electron chi connectivity index (χ3n) is 3.42. The summed E-state index contributed by atoms with van der Waals surface area (Å²) in [6.07, 6.45) is 0.730. The zero-order valence-corrected chi connectivity index (χ0v) is 15.3. The van der Waals surface area contributed by atoms with Crippen LogP contribution >= 0.6 is 43.5 Å². The van der Waals surface area contributed by atoms with E-state index < -0.39 is 0 Å². The number of hydrogen-bond acceptors (Lipinski definition) is 1. The van der Waals surface area contributed by atoms with Crippen molar-refractivity contribution in [1.29, 1.82) is 0 Å². The average Bonchev–Trinajstić information content (AvgIpc) is 2.79. The Bertz CT molecular complexity index is 811. The van der Waals surface area contributed by atoms with E-state index in [1.54, 1.807) is 0 Å². The van der Waals surface area contributed by atoms with E-state index in [0.717, 1.165) is 37.9 Å². The van der Waals surface area contributed by atoms with Crippen LogP contribution in [0.5, 0.6) is 0 Å². The van der Waals surface area contributed by atoms with Gasteiger partial charge in [-0.2, -0.15) is 0 Å². The molecule has 21 heavy (non-hydrogen) atoms. The lowest BCUT2D eigenvalue weighted by atomic mass is 10.2. The highest BCUT2D eigenvalue weighted by atomic mass is 79.9. The summed E-state index contributed by atoms with van der Waals surface area (Å²) in [6.45, 7) is 2.09. The van der Waals surface area contributed by atoms with Crippen molar-refractivity contribution >= 4 is 54.5 Å². The largest absolute Gasteiger partial charge is 0.295 e. The van der Waals surface area contributed by atoms with Crippen molar-refractivity contribution < 1.29 is 0 Å². The lowest BCUT2D eigenvalue weighted by Gasteiger charge is -2.12. The second-order valence-electron chi connectivity index (χ2n) is 4.84. The molecule has 0 radical (unpaired) electrons. The van der Waals surface area contributed by atoms with Gasteiger partial charge >= 0.3 is 0 Å². The van der Waals surface area contributed by atoms with Crippen LogP contribution in [0.4, 0.5) is 0 Å². The lowest BCUT2D eigenvalue weighted by Crippen LogP contribution is -2.03. The van der Waals surface area contributed by atoms with Crippen LogP contribution in [0.3, 0.4) is 0 Å². The van der Waals surface area contributed by atoms with Crippen LogP contribution in [-0.2, 0) is 6.42 Å². The lowest BCUT2D eigenvalue weighted by molar-refractivity contribution is 0.908. The fourth-order valence-corrected chi connectivity index (χ4v) is 3.39. The Morgan fingerprint density at radius 2 is 2.00 bits per heavy atom. The van der Waals surface area contributed by atoms with Gasteiger partial charge in [0.05, 0.1) is 16.7 Å². The van der Waals surface area contributed by atoms with Crippen molar-refractivity contribution in [2.45, 2.75) is 13.3 Å². The van der Waals surface area contributed by atoms with Gasteiger partial charge in [-0.05, 0) is 52.7 Å². The molecule has 0 fully saturated rings. The number of halogens is 3.